The summed E-state index contributed by atoms with van der Waals surface area (Å²) in [5.41, 5.74) is 0. The molecular weight excluding hydrogens is 176 g/mol. The molecule has 2 atom stereocenters. The Morgan fingerprint density at radius 3 is 3.00 bits per heavy atom. The molecule has 0 bridgehead atoms. The van der Waals surface area contributed by atoms with Crippen molar-refractivity contribution in [3.63, 3.8) is 0 Å². The van der Waals surface area contributed by atoms with Crippen LogP contribution in [0.4, 0.5) is 0 Å². The molecule has 82 valence electrons. The van der Waals surface area contributed by atoms with Gasteiger partial charge < -0.3 is 4.74 Å². The monoisotopic (exact) mass is 198 g/mol. The number of hydrogen-bond acceptors (Lipinski definition) is 3. The average Bonchev–Trinajstić information content (AvgIpc) is 2.61. The van der Waals surface area contributed by atoms with Gasteiger partial charge in [-0.05, 0) is 26.3 Å². The molecule has 0 amide bonds. The van der Waals surface area contributed by atoms with E-state index in [4.69, 9.17) is 4.74 Å². The van der Waals surface area contributed by atoms with Crippen LogP contribution in [0.1, 0.15) is 19.8 Å². The van der Waals surface area contributed by atoms with Crippen LogP contribution in [0.25, 0.3) is 0 Å². The first kappa shape index (κ1) is 10.4. The van der Waals surface area contributed by atoms with E-state index in [0.717, 1.165) is 19.2 Å². The zero-order chi connectivity index (χ0) is 9.97. The normalized spacial score (nSPS) is 34.7. The van der Waals surface area contributed by atoms with E-state index in [1.165, 1.54) is 32.5 Å². The lowest BCUT2D eigenvalue weighted by Crippen LogP contribution is -2.55. The van der Waals surface area contributed by atoms with Crippen molar-refractivity contribution in [2.75, 3.05) is 39.9 Å². The molecular formula is C11H22N2O. The van der Waals surface area contributed by atoms with Gasteiger partial charge in [0.05, 0.1) is 6.61 Å². The third-order valence-electron chi connectivity index (χ3n) is 3.65. The summed E-state index contributed by atoms with van der Waals surface area (Å²) in [5.74, 6) is 0. The van der Waals surface area contributed by atoms with E-state index in [9.17, 15) is 0 Å². The molecule has 2 heterocycles. The lowest BCUT2D eigenvalue weighted by molar-refractivity contribution is 0.0401. The van der Waals surface area contributed by atoms with Crippen LogP contribution in [0.5, 0.6) is 0 Å². The molecule has 0 radical (unpaired) electrons. The fourth-order valence-corrected chi connectivity index (χ4v) is 2.77. The highest BCUT2D eigenvalue weighted by molar-refractivity contribution is 4.90. The zero-order valence-corrected chi connectivity index (χ0v) is 9.41. The fraction of sp³-hybridized carbons (Fsp3) is 1.00. The van der Waals surface area contributed by atoms with Crippen molar-refractivity contribution in [2.24, 2.45) is 0 Å². The predicted molar refractivity (Wildman–Crippen MR) is 57.5 cm³/mol. The molecule has 2 aliphatic rings. The molecule has 2 rings (SSSR count). The van der Waals surface area contributed by atoms with E-state index in [0.29, 0.717) is 6.04 Å². The van der Waals surface area contributed by atoms with Crippen molar-refractivity contribution < 1.29 is 4.74 Å². The summed E-state index contributed by atoms with van der Waals surface area (Å²) in [4.78, 5) is 5.24. The van der Waals surface area contributed by atoms with Crippen molar-refractivity contribution in [2.45, 2.75) is 31.8 Å². The van der Waals surface area contributed by atoms with E-state index >= 15 is 0 Å². The molecule has 2 fully saturated rings. The highest BCUT2D eigenvalue weighted by Crippen LogP contribution is 2.24. The van der Waals surface area contributed by atoms with E-state index < -0.39 is 0 Å². The minimum atomic E-state index is 0.708. The Labute approximate surface area is 87.0 Å². The van der Waals surface area contributed by atoms with Crippen molar-refractivity contribution in [3.8, 4) is 0 Å². The number of ether oxygens (including phenoxy) is 1. The van der Waals surface area contributed by atoms with Crippen molar-refractivity contribution in [1.82, 2.24) is 9.80 Å². The van der Waals surface area contributed by atoms with Crippen LogP contribution in [-0.2, 0) is 4.74 Å². The topological polar surface area (TPSA) is 15.7 Å². The Morgan fingerprint density at radius 2 is 2.21 bits per heavy atom. The average molecular weight is 198 g/mol. The highest BCUT2D eigenvalue weighted by Gasteiger charge is 2.33. The van der Waals surface area contributed by atoms with Crippen LogP contribution in [-0.4, -0.2) is 61.8 Å². The first-order valence-electron chi connectivity index (χ1n) is 5.78. The quantitative estimate of drug-likeness (QED) is 0.667. The molecule has 14 heavy (non-hydrogen) atoms. The second-order valence-corrected chi connectivity index (χ2v) is 4.63. The van der Waals surface area contributed by atoms with Crippen LogP contribution in [0.15, 0.2) is 0 Å². The van der Waals surface area contributed by atoms with Crippen LogP contribution in [0, 0.1) is 0 Å². The number of hydrogen-bond donors (Lipinski definition) is 0. The summed E-state index contributed by atoms with van der Waals surface area (Å²) in [6.07, 6.45) is 2.80. The van der Waals surface area contributed by atoms with Crippen molar-refractivity contribution in [1.29, 1.82) is 0 Å². The number of nitrogens with zero attached hydrogens (tertiary/aromatic N) is 2. The molecule has 0 aromatic rings. The van der Waals surface area contributed by atoms with Gasteiger partial charge in [0.25, 0.3) is 0 Å². The van der Waals surface area contributed by atoms with E-state index in [2.05, 4.69) is 16.7 Å². The van der Waals surface area contributed by atoms with Gasteiger partial charge in [0.15, 0.2) is 0 Å². The summed E-state index contributed by atoms with van der Waals surface area (Å²) >= 11 is 0. The van der Waals surface area contributed by atoms with Crippen molar-refractivity contribution in [3.05, 3.63) is 0 Å². The minimum absolute atomic E-state index is 0.708. The second kappa shape index (κ2) is 4.60. The minimum Gasteiger partial charge on any atom is -0.383 e. The lowest BCUT2D eigenvalue weighted by atomic mass is 10.1. The van der Waals surface area contributed by atoms with Crippen LogP contribution in [0.3, 0.4) is 0 Å². The Hall–Kier alpha value is -0.120. The smallest absolute Gasteiger partial charge is 0.0589 e. The second-order valence-electron chi connectivity index (χ2n) is 4.63. The zero-order valence-electron chi connectivity index (χ0n) is 9.41. The molecule has 0 aromatic heterocycles. The standard InChI is InChI=1S/C11H22N2O/c1-10-8-13-5-3-4-11(13)9-12(10)6-7-14-2/h10-11H,3-9H2,1-2H3. The SMILES string of the molecule is COCCN1CC2CCCN2CC1C. The first-order chi connectivity index (χ1) is 6.81. The number of rotatable bonds is 3. The van der Waals surface area contributed by atoms with Gasteiger partial charge in [-0.1, -0.05) is 0 Å². The molecule has 2 aliphatic heterocycles. The van der Waals surface area contributed by atoms with E-state index in [1.807, 2.05) is 0 Å². The van der Waals surface area contributed by atoms with Crippen LogP contribution in [0.2, 0.25) is 0 Å². The maximum Gasteiger partial charge on any atom is 0.0589 e. The molecule has 3 heteroatoms. The summed E-state index contributed by atoms with van der Waals surface area (Å²) in [6, 6.07) is 1.54. The number of fused-ring (bicyclic) bond motifs is 1. The molecule has 2 saturated heterocycles. The molecule has 0 N–H and O–H groups in total. The first-order valence-corrected chi connectivity index (χ1v) is 5.78. The van der Waals surface area contributed by atoms with Gasteiger partial charge in [-0.15, -0.1) is 0 Å². The van der Waals surface area contributed by atoms with Gasteiger partial charge in [-0.2, -0.15) is 0 Å². The third-order valence-corrected chi connectivity index (χ3v) is 3.65. The van der Waals surface area contributed by atoms with Crippen LogP contribution < -0.4 is 0 Å². The summed E-state index contributed by atoms with van der Waals surface area (Å²) in [5, 5.41) is 0. The van der Waals surface area contributed by atoms with E-state index in [1.54, 1.807) is 7.11 Å². The maximum absolute atomic E-state index is 5.15. The van der Waals surface area contributed by atoms with Gasteiger partial charge in [0.1, 0.15) is 0 Å². The Balaban J connectivity index is 1.86. The summed E-state index contributed by atoms with van der Waals surface area (Å²) < 4.78 is 5.15. The molecule has 0 spiro atoms. The number of piperazine rings is 1. The highest BCUT2D eigenvalue weighted by atomic mass is 16.5. The Bertz CT molecular complexity index is 186. The lowest BCUT2D eigenvalue weighted by Gasteiger charge is -2.42. The molecule has 2 unspecified atom stereocenters. The largest absolute Gasteiger partial charge is 0.383 e. The van der Waals surface area contributed by atoms with Gasteiger partial charge in [0, 0.05) is 38.8 Å². The van der Waals surface area contributed by atoms with E-state index in [-0.39, 0.29) is 0 Å². The molecule has 0 aliphatic carbocycles. The number of methoxy groups -OCH3 is 1. The predicted octanol–water partition coefficient (Wildman–Crippen LogP) is 0.801. The summed E-state index contributed by atoms with van der Waals surface area (Å²) in [7, 11) is 1.79. The Kier molecular flexibility index (Phi) is 3.42. The third kappa shape index (κ3) is 2.10. The molecule has 0 saturated carbocycles. The molecule has 0 aromatic carbocycles. The summed E-state index contributed by atoms with van der Waals surface area (Å²) in [6.45, 7) is 8.15. The van der Waals surface area contributed by atoms with Crippen molar-refractivity contribution >= 4 is 0 Å². The van der Waals surface area contributed by atoms with Gasteiger partial charge in [-0.25, -0.2) is 0 Å². The van der Waals surface area contributed by atoms with Gasteiger partial charge in [0.2, 0.25) is 0 Å². The fourth-order valence-electron chi connectivity index (χ4n) is 2.77. The van der Waals surface area contributed by atoms with Gasteiger partial charge >= 0.3 is 0 Å². The molecule has 3 nitrogen and oxygen atoms in total. The Morgan fingerprint density at radius 1 is 1.36 bits per heavy atom. The maximum atomic E-state index is 5.15. The van der Waals surface area contributed by atoms with Crippen LogP contribution >= 0.6 is 0 Å². The van der Waals surface area contributed by atoms with Gasteiger partial charge in [-0.3, -0.25) is 9.80 Å².